The van der Waals surface area contributed by atoms with Gasteiger partial charge in [-0.15, -0.1) is 0 Å². The van der Waals surface area contributed by atoms with Gasteiger partial charge in [-0.05, 0) is 82.3 Å². The van der Waals surface area contributed by atoms with Crippen LogP contribution in [0.5, 0.6) is 11.5 Å². The van der Waals surface area contributed by atoms with Crippen LogP contribution in [0.15, 0.2) is 84.9 Å². The van der Waals surface area contributed by atoms with Crippen molar-refractivity contribution >= 4 is 55.4 Å². The van der Waals surface area contributed by atoms with Gasteiger partial charge < -0.3 is 18.9 Å². The van der Waals surface area contributed by atoms with Gasteiger partial charge in [0.1, 0.15) is 11.5 Å². The second-order valence-corrected chi connectivity index (χ2v) is 19.2. The van der Waals surface area contributed by atoms with E-state index in [0.29, 0.717) is 24.7 Å². The van der Waals surface area contributed by atoms with E-state index in [9.17, 15) is 9.59 Å². The van der Waals surface area contributed by atoms with Crippen molar-refractivity contribution in [2.24, 2.45) is 0 Å². The van der Waals surface area contributed by atoms with E-state index < -0.39 is 12.3 Å². The van der Waals surface area contributed by atoms with E-state index in [0.717, 1.165) is 118 Å². The summed E-state index contributed by atoms with van der Waals surface area (Å²) in [5, 5.41) is 7.39. The third-order valence-electron chi connectivity index (χ3n) is 13.8. The normalized spacial score (nSPS) is 11.5. The molecule has 0 saturated heterocycles. The molecule has 0 atom stereocenters. The molecule has 366 valence electrons. The van der Waals surface area contributed by atoms with Gasteiger partial charge in [0, 0.05) is 21.5 Å². The fraction of sp³-hybridized carbons (Fsp3) is 0.516. The van der Waals surface area contributed by atoms with Gasteiger partial charge in [0.25, 0.3) is 0 Å². The van der Waals surface area contributed by atoms with E-state index in [1.54, 1.807) is 0 Å². The number of benzene rings is 6. The average molecular weight is 923 g/mol. The van der Waals surface area contributed by atoms with Gasteiger partial charge in [0.15, 0.2) is 0 Å². The first-order chi connectivity index (χ1) is 33.5. The largest absolute Gasteiger partial charge is 0.513 e. The molecule has 0 aliphatic heterocycles. The smallest absolute Gasteiger partial charge is 0.434 e. The topological polar surface area (TPSA) is 71.1 Å². The Hall–Kier alpha value is -5.10. The number of aryl methyl sites for hydroxylation is 2. The van der Waals surface area contributed by atoms with Crippen LogP contribution < -0.4 is 9.47 Å². The molecule has 0 bridgehead atoms. The highest BCUT2D eigenvalue weighted by atomic mass is 16.7. The van der Waals surface area contributed by atoms with Crippen molar-refractivity contribution in [2.75, 3.05) is 13.2 Å². The second kappa shape index (κ2) is 29.0. The average Bonchev–Trinajstić information content (AvgIpc) is 3.36. The SMILES string of the molecule is CCCCCCCCCCOC(=O)Oc1c2ccccc2c(-c2c3ccccc3c(OC(=O)OCCCCCCCCCC)c3ccc(CCCCCC)cc23)c2cc(CCCCCC)ccc12. The summed E-state index contributed by atoms with van der Waals surface area (Å²) in [4.78, 5) is 27.3. The first kappa shape index (κ1) is 52.3. The number of rotatable bonds is 31. The monoisotopic (exact) mass is 923 g/mol. The molecule has 0 aliphatic rings. The van der Waals surface area contributed by atoms with Crippen LogP contribution in [0.2, 0.25) is 0 Å². The lowest BCUT2D eigenvalue weighted by Gasteiger charge is -2.22. The third-order valence-corrected chi connectivity index (χ3v) is 13.8. The first-order valence-electron chi connectivity index (χ1n) is 27.1. The van der Waals surface area contributed by atoms with Crippen molar-refractivity contribution in [2.45, 2.75) is 195 Å². The fourth-order valence-electron chi connectivity index (χ4n) is 9.96. The molecule has 6 aromatic rings. The van der Waals surface area contributed by atoms with E-state index in [2.05, 4.69) is 100 Å². The number of hydrogen-bond acceptors (Lipinski definition) is 6. The Morgan fingerprint density at radius 3 is 1.01 bits per heavy atom. The van der Waals surface area contributed by atoms with E-state index in [-0.39, 0.29) is 0 Å². The minimum atomic E-state index is -0.671. The van der Waals surface area contributed by atoms with Crippen LogP contribution in [-0.2, 0) is 22.3 Å². The van der Waals surface area contributed by atoms with Crippen molar-refractivity contribution in [1.29, 1.82) is 0 Å². The zero-order valence-electron chi connectivity index (χ0n) is 42.3. The summed E-state index contributed by atoms with van der Waals surface area (Å²) in [6, 6.07) is 29.9. The molecular formula is C62H82O6. The van der Waals surface area contributed by atoms with Crippen molar-refractivity contribution in [3.8, 4) is 22.6 Å². The van der Waals surface area contributed by atoms with E-state index >= 15 is 0 Å². The lowest BCUT2D eigenvalue weighted by Crippen LogP contribution is -2.12. The lowest BCUT2D eigenvalue weighted by molar-refractivity contribution is 0.0972. The van der Waals surface area contributed by atoms with Crippen molar-refractivity contribution in [3.05, 3.63) is 96.1 Å². The van der Waals surface area contributed by atoms with Crippen LogP contribution in [-0.4, -0.2) is 25.5 Å². The van der Waals surface area contributed by atoms with Gasteiger partial charge in [-0.25, -0.2) is 9.59 Å². The van der Waals surface area contributed by atoms with Gasteiger partial charge in [0.2, 0.25) is 0 Å². The Kier molecular flexibility index (Phi) is 22.3. The van der Waals surface area contributed by atoms with E-state index in [1.165, 1.54) is 114 Å². The van der Waals surface area contributed by atoms with Crippen LogP contribution in [0, 0.1) is 0 Å². The summed E-state index contributed by atoms with van der Waals surface area (Å²) >= 11 is 0. The van der Waals surface area contributed by atoms with Gasteiger partial charge in [-0.1, -0.05) is 241 Å². The molecule has 0 unspecified atom stereocenters. The Morgan fingerprint density at radius 1 is 0.338 bits per heavy atom. The minimum absolute atomic E-state index is 0.337. The number of ether oxygens (including phenoxy) is 4. The number of unbranched alkanes of at least 4 members (excludes halogenated alkanes) is 20. The highest BCUT2D eigenvalue weighted by Crippen LogP contribution is 2.50. The van der Waals surface area contributed by atoms with E-state index in [1.807, 2.05) is 12.1 Å². The molecular weight excluding hydrogens is 841 g/mol. The summed E-state index contributed by atoms with van der Waals surface area (Å²) in [7, 11) is 0. The van der Waals surface area contributed by atoms with Crippen LogP contribution in [0.25, 0.3) is 54.2 Å². The molecule has 0 radical (unpaired) electrons. The molecule has 0 aliphatic carbocycles. The maximum absolute atomic E-state index is 13.6. The van der Waals surface area contributed by atoms with Crippen LogP contribution >= 0.6 is 0 Å². The molecule has 0 amide bonds. The van der Waals surface area contributed by atoms with Crippen LogP contribution in [0.3, 0.4) is 0 Å². The molecule has 0 fully saturated rings. The predicted molar refractivity (Wildman–Crippen MR) is 287 cm³/mol. The zero-order chi connectivity index (χ0) is 47.8. The van der Waals surface area contributed by atoms with Gasteiger partial charge in [-0.3, -0.25) is 0 Å². The number of fused-ring (bicyclic) bond motifs is 4. The lowest BCUT2D eigenvalue weighted by atomic mass is 9.84. The zero-order valence-corrected chi connectivity index (χ0v) is 42.3. The fourth-order valence-corrected chi connectivity index (χ4v) is 9.96. The van der Waals surface area contributed by atoms with Crippen molar-refractivity contribution in [3.63, 3.8) is 0 Å². The van der Waals surface area contributed by atoms with Crippen LogP contribution in [0.1, 0.15) is 193 Å². The molecule has 0 N–H and O–H groups in total. The van der Waals surface area contributed by atoms with Gasteiger partial charge in [-0.2, -0.15) is 0 Å². The molecule has 6 rings (SSSR count). The molecule has 6 aromatic carbocycles. The molecule has 0 spiro atoms. The van der Waals surface area contributed by atoms with Crippen LogP contribution in [0.4, 0.5) is 9.59 Å². The maximum Gasteiger partial charge on any atom is 0.513 e. The maximum atomic E-state index is 13.6. The van der Waals surface area contributed by atoms with Crippen molar-refractivity contribution in [1.82, 2.24) is 0 Å². The summed E-state index contributed by atoms with van der Waals surface area (Å²) < 4.78 is 24.2. The minimum Gasteiger partial charge on any atom is -0.434 e. The first-order valence-corrected chi connectivity index (χ1v) is 27.1. The summed E-state index contributed by atoms with van der Waals surface area (Å²) in [6.07, 6.45) is 28.6. The predicted octanol–water partition coefficient (Wildman–Crippen LogP) is 19.5. The van der Waals surface area contributed by atoms with E-state index in [4.69, 9.17) is 18.9 Å². The highest BCUT2D eigenvalue weighted by molar-refractivity contribution is 6.27. The Morgan fingerprint density at radius 2 is 0.647 bits per heavy atom. The summed E-state index contributed by atoms with van der Waals surface area (Å²) in [5.74, 6) is 1.03. The molecule has 0 aromatic heterocycles. The number of carbonyl (C=O) groups excluding carboxylic acids is 2. The quantitative estimate of drug-likeness (QED) is 0.0187. The Bertz CT molecular complexity index is 2310. The molecule has 68 heavy (non-hydrogen) atoms. The Balaban J connectivity index is 1.43. The van der Waals surface area contributed by atoms with Gasteiger partial charge >= 0.3 is 12.3 Å². The van der Waals surface area contributed by atoms with Crippen molar-refractivity contribution < 1.29 is 28.5 Å². The molecule has 6 nitrogen and oxygen atoms in total. The summed E-state index contributed by atoms with van der Waals surface area (Å²) in [6.45, 7) is 9.66. The Labute approximate surface area is 408 Å². The number of hydrogen-bond donors (Lipinski definition) is 0. The highest BCUT2D eigenvalue weighted by Gasteiger charge is 2.25. The summed E-state index contributed by atoms with van der Waals surface area (Å²) in [5.41, 5.74) is 4.63. The second-order valence-electron chi connectivity index (χ2n) is 19.2. The standard InChI is InChI=1S/C62H82O6/c1-5-9-13-17-19-21-23-31-43-65-61(63)67-59-51-37-29-27-35-49(51)57(55-45-47(39-41-53(55)59)33-25-15-11-7-3)58-50-36-28-30-38-52(50)60(54-42-40-48(46-56(54)58)34-26-16-12-8-4)68-62(64)66-44-32-24-22-20-18-14-10-6-2/h27-30,35-42,45-46H,5-26,31-34,43-44H2,1-4H3. The molecule has 6 heteroatoms. The molecule has 0 saturated carbocycles. The number of carbonyl (C=O) groups is 2. The molecule has 0 heterocycles. The third kappa shape index (κ3) is 14.9. The van der Waals surface area contributed by atoms with Gasteiger partial charge in [0.05, 0.1) is 13.2 Å².